The lowest BCUT2D eigenvalue weighted by Gasteiger charge is -2.13. The summed E-state index contributed by atoms with van der Waals surface area (Å²) in [6, 6.07) is 176. The SMILES string of the molecule is Cc1cc(-c2ccccc2)cc(-c2ccccc2)c1.Cc1ccc(-c2cccc(-c3ccccc3)c2)cc1.Cc1ccc(-c2ccccc2)cc1-c1ccccc1.Cc1cccc(-c2cccc(-c3ccccc3)c2)c1.Cc1ccccc1-c1cccc(-c2ccccc2)c1.Cc1ccccc1-c1ccccc1-c1ccc(-c2ccccc2)cc1. The molecule has 0 heteroatoms. The lowest BCUT2D eigenvalue weighted by molar-refractivity contribution is 1.45. The molecule has 0 nitrogen and oxygen atoms in total. The Morgan fingerprint density at radius 1 is 0.0917 bits per heavy atom. The summed E-state index contributed by atoms with van der Waals surface area (Å²) >= 11 is 0. The second-order valence-corrected chi connectivity index (χ2v) is 30.3. The van der Waals surface area contributed by atoms with Gasteiger partial charge >= 0.3 is 0 Å². The Kier molecular flexibility index (Phi) is 28.4. The van der Waals surface area contributed by atoms with Crippen LogP contribution in [0.3, 0.4) is 0 Å². The van der Waals surface area contributed by atoms with Gasteiger partial charge in [-0.15, -0.1) is 0 Å². The van der Waals surface area contributed by atoms with Gasteiger partial charge in [0.25, 0.3) is 0 Å². The van der Waals surface area contributed by atoms with E-state index in [1.54, 1.807) is 0 Å². The molecular formula is C120H100. The van der Waals surface area contributed by atoms with E-state index in [2.05, 4.69) is 527 Å². The number of aryl methyl sites for hydroxylation is 6. The molecule has 0 aliphatic rings. The molecule has 0 fully saturated rings. The Bertz CT molecular complexity index is 6320. The Morgan fingerprint density at radius 3 is 0.725 bits per heavy atom. The highest BCUT2D eigenvalue weighted by atomic mass is 14.2. The summed E-state index contributed by atoms with van der Waals surface area (Å²) in [7, 11) is 0. The van der Waals surface area contributed by atoms with Gasteiger partial charge in [0.2, 0.25) is 0 Å². The van der Waals surface area contributed by atoms with Crippen LogP contribution < -0.4 is 0 Å². The molecule has 0 N–H and O–H groups in total. The maximum Gasteiger partial charge on any atom is -0.0103 e. The van der Waals surface area contributed by atoms with Crippen molar-refractivity contribution in [3.63, 3.8) is 0 Å². The van der Waals surface area contributed by atoms with Gasteiger partial charge in [-0.3, -0.25) is 0 Å². The highest BCUT2D eigenvalue weighted by Gasteiger charge is 2.12. The second-order valence-electron chi connectivity index (χ2n) is 30.3. The van der Waals surface area contributed by atoms with Crippen molar-refractivity contribution in [2.45, 2.75) is 41.5 Å². The van der Waals surface area contributed by atoms with E-state index in [9.17, 15) is 0 Å². The molecular weight excluding hydrogens is 1440 g/mol. The average molecular weight is 1540 g/mol. The fraction of sp³-hybridized carbons (Fsp3) is 0.0500. The van der Waals surface area contributed by atoms with E-state index in [1.165, 1.54) is 178 Å². The summed E-state index contributed by atoms with van der Waals surface area (Å²) < 4.78 is 0. The third-order valence-electron chi connectivity index (χ3n) is 21.5. The van der Waals surface area contributed by atoms with Crippen LogP contribution in [0.25, 0.3) is 145 Å². The van der Waals surface area contributed by atoms with Crippen LogP contribution in [0, 0.1) is 41.5 Å². The van der Waals surface area contributed by atoms with E-state index in [0.717, 1.165) is 0 Å². The van der Waals surface area contributed by atoms with Crippen LogP contribution in [0.4, 0.5) is 0 Å². The van der Waals surface area contributed by atoms with Crippen molar-refractivity contribution in [3.8, 4) is 145 Å². The molecule has 19 aromatic carbocycles. The third kappa shape index (κ3) is 22.4. The molecule has 0 heterocycles. The highest BCUT2D eigenvalue weighted by molar-refractivity contribution is 5.86. The van der Waals surface area contributed by atoms with E-state index in [0.29, 0.717) is 0 Å². The second kappa shape index (κ2) is 41.7. The zero-order valence-corrected chi connectivity index (χ0v) is 69.3. The standard InChI is InChI=1S/C25H20.5C19H16/c1-19-9-5-6-12-23(19)25-14-8-7-13-24(25)22-17-15-21(16-18-22)20-10-3-2-4-11-20;1-15-12-18(16-8-4-2-5-9-16)14-19(13-15)17-10-6-3-7-11-17;1-15-12-13-18(16-8-4-2-5-9-16)14-19(15)17-10-6-3-7-11-17;1-15-7-5-10-17(13-15)19-12-6-11-18(14-19)16-8-3-2-4-9-16;1-15-8-5-6-13-19(15)18-12-7-11-17(14-18)16-9-3-2-4-10-16;1-15-10-12-17(13-11-15)19-9-5-8-18(14-19)16-6-3-2-4-7-16/h2-18H,1H3;5*2-14H,1H3. The third-order valence-corrected chi connectivity index (χ3v) is 21.5. The van der Waals surface area contributed by atoms with Gasteiger partial charge in [-0.25, -0.2) is 0 Å². The fourth-order valence-electron chi connectivity index (χ4n) is 15.0. The van der Waals surface area contributed by atoms with Crippen molar-refractivity contribution in [1.29, 1.82) is 0 Å². The monoisotopic (exact) mass is 1540 g/mol. The van der Waals surface area contributed by atoms with Crippen LogP contribution in [-0.4, -0.2) is 0 Å². The number of benzene rings is 19. The fourth-order valence-corrected chi connectivity index (χ4v) is 15.0. The Labute approximate surface area is 712 Å². The van der Waals surface area contributed by atoms with E-state index >= 15 is 0 Å². The van der Waals surface area contributed by atoms with Crippen LogP contribution in [0.15, 0.2) is 497 Å². The molecule has 0 amide bonds. The van der Waals surface area contributed by atoms with E-state index in [1.807, 2.05) is 12.1 Å². The normalized spacial score (nSPS) is 10.4. The quantitative estimate of drug-likeness (QED) is 0.108. The van der Waals surface area contributed by atoms with Gasteiger partial charge in [0.1, 0.15) is 0 Å². The van der Waals surface area contributed by atoms with E-state index < -0.39 is 0 Å². The van der Waals surface area contributed by atoms with Crippen LogP contribution >= 0.6 is 0 Å². The van der Waals surface area contributed by atoms with Crippen molar-refractivity contribution < 1.29 is 0 Å². The van der Waals surface area contributed by atoms with Gasteiger partial charge in [0.15, 0.2) is 0 Å². The summed E-state index contributed by atoms with van der Waals surface area (Å²) in [5.74, 6) is 0. The van der Waals surface area contributed by atoms with Crippen LogP contribution in [-0.2, 0) is 0 Å². The van der Waals surface area contributed by atoms with Gasteiger partial charge in [0.05, 0.1) is 0 Å². The van der Waals surface area contributed by atoms with Crippen molar-refractivity contribution in [2.24, 2.45) is 0 Å². The van der Waals surface area contributed by atoms with Crippen LogP contribution in [0.1, 0.15) is 33.4 Å². The first-order valence-electron chi connectivity index (χ1n) is 41.4. The molecule has 0 aromatic heterocycles. The molecule has 0 saturated carbocycles. The summed E-state index contributed by atoms with van der Waals surface area (Å²) in [4.78, 5) is 0. The predicted molar refractivity (Wildman–Crippen MR) is 518 cm³/mol. The number of hydrogen-bond donors (Lipinski definition) is 0. The number of hydrogen-bond acceptors (Lipinski definition) is 0. The van der Waals surface area contributed by atoms with Crippen LogP contribution in [0.5, 0.6) is 0 Å². The van der Waals surface area contributed by atoms with Crippen molar-refractivity contribution in [3.05, 3.63) is 531 Å². The molecule has 0 unspecified atom stereocenters. The van der Waals surface area contributed by atoms with E-state index in [4.69, 9.17) is 0 Å². The van der Waals surface area contributed by atoms with Gasteiger partial charge in [-0.05, 0) is 239 Å². The Hall–Kier alpha value is -14.8. The lowest BCUT2D eigenvalue weighted by atomic mass is 9.91. The summed E-state index contributed by atoms with van der Waals surface area (Å²) in [5.41, 5.74) is 40.8. The van der Waals surface area contributed by atoms with Crippen LogP contribution in [0.2, 0.25) is 0 Å². The van der Waals surface area contributed by atoms with Gasteiger partial charge in [-0.2, -0.15) is 0 Å². The zero-order valence-electron chi connectivity index (χ0n) is 69.3. The molecule has 19 rings (SSSR count). The first-order chi connectivity index (χ1) is 59.0. The molecule has 0 saturated heterocycles. The zero-order chi connectivity index (χ0) is 82.5. The van der Waals surface area contributed by atoms with E-state index in [-0.39, 0.29) is 0 Å². The molecule has 580 valence electrons. The average Bonchev–Trinajstić information content (AvgIpc) is 0.772. The summed E-state index contributed by atoms with van der Waals surface area (Å²) in [6.45, 7) is 12.9. The lowest BCUT2D eigenvalue weighted by Crippen LogP contribution is -1.88. The Morgan fingerprint density at radius 2 is 0.317 bits per heavy atom. The minimum Gasteiger partial charge on any atom is -0.0622 e. The number of rotatable bonds is 13. The largest absolute Gasteiger partial charge is 0.0622 e. The highest BCUT2D eigenvalue weighted by Crippen LogP contribution is 2.37. The van der Waals surface area contributed by atoms with Crippen molar-refractivity contribution in [1.82, 2.24) is 0 Å². The molecule has 0 spiro atoms. The van der Waals surface area contributed by atoms with Gasteiger partial charge in [0, 0.05) is 0 Å². The molecule has 120 heavy (non-hydrogen) atoms. The molecule has 19 aromatic rings. The summed E-state index contributed by atoms with van der Waals surface area (Å²) in [5, 5.41) is 0. The maximum atomic E-state index is 2.28. The molecule has 0 bridgehead atoms. The molecule has 0 radical (unpaired) electrons. The minimum atomic E-state index is 1.25. The van der Waals surface area contributed by atoms with Crippen molar-refractivity contribution in [2.75, 3.05) is 0 Å². The Balaban J connectivity index is 0.000000118. The van der Waals surface area contributed by atoms with Gasteiger partial charge in [-0.1, -0.05) is 478 Å². The van der Waals surface area contributed by atoms with Gasteiger partial charge < -0.3 is 0 Å². The van der Waals surface area contributed by atoms with Crippen molar-refractivity contribution >= 4 is 0 Å². The topological polar surface area (TPSA) is 0 Å². The first kappa shape index (κ1) is 81.7. The predicted octanol–water partition coefficient (Wildman–Crippen LogP) is 33.6. The maximum absolute atomic E-state index is 2.28. The molecule has 0 aliphatic heterocycles. The smallest absolute Gasteiger partial charge is 0.0103 e. The first-order valence-corrected chi connectivity index (χ1v) is 41.4. The molecule has 0 aliphatic carbocycles. The minimum absolute atomic E-state index is 1.25. The summed E-state index contributed by atoms with van der Waals surface area (Å²) in [6.07, 6.45) is 0. The molecule has 0 atom stereocenters.